The summed E-state index contributed by atoms with van der Waals surface area (Å²) in [5.74, 6) is -0.340. The fourth-order valence-electron chi connectivity index (χ4n) is 4.29. The maximum absolute atomic E-state index is 13.4. The van der Waals surface area contributed by atoms with E-state index in [1.807, 2.05) is 24.3 Å². The first-order valence-electron chi connectivity index (χ1n) is 10.7. The molecule has 1 aliphatic rings. The lowest BCUT2D eigenvalue weighted by Crippen LogP contribution is -2.43. The first-order valence-corrected chi connectivity index (χ1v) is 10.7. The topological polar surface area (TPSA) is 24.1 Å². The van der Waals surface area contributed by atoms with Crippen molar-refractivity contribution in [2.45, 2.75) is 37.8 Å². The zero-order valence-corrected chi connectivity index (χ0v) is 17.1. The van der Waals surface area contributed by atoms with Crippen LogP contribution in [0.25, 0.3) is 0 Å². The van der Waals surface area contributed by atoms with Gasteiger partial charge < -0.3 is 10.6 Å². The number of benzene rings is 3. The maximum Gasteiger partial charge on any atom is 0.123 e. The van der Waals surface area contributed by atoms with Crippen molar-refractivity contribution in [1.82, 2.24) is 10.6 Å². The quantitative estimate of drug-likeness (QED) is 0.504. The fraction of sp³-hybridized carbons (Fsp3) is 0.308. The van der Waals surface area contributed by atoms with Gasteiger partial charge in [0.15, 0.2) is 0 Å². The molecule has 3 aromatic carbocycles. The van der Waals surface area contributed by atoms with Gasteiger partial charge in [0.25, 0.3) is 0 Å². The van der Waals surface area contributed by atoms with E-state index in [-0.39, 0.29) is 17.6 Å². The van der Waals surface area contributed by atoms with Crippen LogP contribution >= 0.6 is 0 Å². The SMILES string of the molecule is Fc1ccc(C(CCCNC[C@@H]2Cc3ccccc3CN2)c2ccc(F)cc2)cc1. The zero-order chi connectivity index (χ0) is 20.8. The van der Waals surface area contributed by atoms with Crippen molar-refractivity contribution in [1.29, 1.82) is 0 Å². The number of hydrogen-bond acceptors (Lipinski definition) is 2. The van der Waals surface area contributed by atoms with Crippen molar-refractivity contribution in [3.63, 3.8) is 0 Å². The fourth-order valence-corrected chi connectivity index (χ4v) is 4.29. The van der Waals surface area contributed by atoms with Crippen molar-refractivity contribution < 1.29 is 8.78 Å². The first kappa shape index (κ1) is 20.7. The average molecular weight is 407 g/mol. The lowest BCUT2D eigenvalue weighted by Gasteiger charge is -2.26. The third-order valence-corrected chi connectivity index (χ3v) is 5.95. The molecule has 2 nitrogen and oxygen atoms in total. The zero-order valence-electron chi connectivity index (χ0n) is 17.1. The number of halogens is 2. The van der Waals surface area contributed by atoms with E-state index in [0.717, 1.165) is 50.0 Å². The molecule has 2 N–H and O–H groups in total. The summed E-state index contributed by atoms with van der Waals surface area (Å²) < 4.78 is 26.7. The molecule has 30 heavy (non-hydrogen) atoms. The molecule has 0 aliphatic carbocycles. The van der Waals surface area contributed by atoms with Crippen molar-refractivity contribution in [2.24, 2.45) is 0 Å². The van der Waals surface area contributed by atoms with E-state index >= 15 is 0 Å². The average Bonchev–Trinajstić information content (AvgIpc) is 2.78. The molecule has 0 radical (unpaired) electrons. The summed E-state index contributed by atoms with van der Waals surface area (Å²) in [4.78, 5) is 0. The minimum atomic E-state index is -0.236. The summed E-state index contributed by atoms with van der Waals surface area (Å²) in [6, 6.07) is 22.4. The van der Waals surface area contributed by atoms with Gasteiger partial charge in [0.2, 0.25) is 0 Å². The normalized spacial score (nSPS) is 15.9. The summed E-state index contributed by atoms with van der Waals surface area (Å²) in [6.45, 7) is 2.78. The standard InChI is InChI=1S/C26H28F2N2/c27-23-11-7-19(8-12-23)26(20-9-13-24(28)14-10-20)6-3-15-29-18-25-16-21-4-1-2-5-22(21)17-30-25/h1-2,4-5,7-14,25-26,29-30H,3,6,15-18H2/t25-/m0/s1. The Kier molecular flexibility index (Phi) is 6.88. The number of rotatable bonds is 8. The van der Waals surface area contributed by atoms with Gasteiger partial charge in [-0.2, -0.15) is 0 Å². The third kappa shape index (κ3) is 5.32. The van der Waals surface area contributed by atoms with E-state index in [1.165, 1.54) is 35.4 Å². The van der Waals surface area contributed by atoms with E-state index in [9.17, 15) is 8.78 Å². The summed E-state index contributed by atoms with van der Waals surface area (Å²) in [5, 5.41) is 7.18. The van der Waals surface area contributed by atoms with Crippen LogP contribution in [0.3, 0.4) is 0 Å². The van der Waals surface area contributed by atoms with Crippen LogP contribution in [-0.4, -0.2) is 19.1 Å². The Morgan fingerprint density at radius 3 is 2.07 bits per heavy atom. The molecule has 1 heterocycles. The van der Waals surface area contributed by atoms with Gasteiger partial charge in [-0.15, -0.1) is 0 Å². The molecule has 156 valence electrons. The Bertz CT molecular complexity index is 893. The maximum atomic E-state index is 13.4. The molecular formula is C26H28F2N2. The van der Waals surface area contributed by atoms with Gasteiger partial charge in [-0.05, 0) is 72.3 Å². The van der Waals surface area contributed by atoms with Crippen LogP contribution in [0.4, 0.5) is 8.78 Å². The Labute approximate surface area is 177 Å². The molecular weight excluding hydrogens is 378 g/mol. The molecule has 0 spiro atoms. The van der Waals surface area contributed by atoms with Gasteiger partial charge in [0, 0.05) is 25.0 Å². The van der Waals surface area contributed by atoms with E-state index in [4.69, 9.17) is 0 Å². The lowest BCUT2D eigenvalue weighted by molar-refractivity contribution is 0.443. The van der Waals surface area contributed by atoms with Gasteiger partial charge in [-0.25, -0.2) is 8.78 Å². The van der Waals surface area contributed by atoms with Gasteiger partial charge in [-0.1, -0.05) is 48.5 Å². The van der Waals surface area contributed by atoms with Crippen molar-refractivity contribution in [3.05, 3.63) is 107 Å². The molecule has 4 rings (SSSR count). The molecule has 0 aromatic heterocycles. The molecule has 0 unspecified atom stereocenters. The molecule has 4 heteroatoms. The van der Waals surface area contributed by atoms with Gasteiger partial charge in [-0.3, -0.25) is 0 Å². The van der Waals surface area contributed by atoms with Crippen LogP contribution in [0.2, 0.25) is 0 Å². The Morgan fingerprint density at radius 2 is 1.43 bits per heavy atom. The van der Waals surface area contributed by atoms with Crippen LogP contribution in [0.5, 0.6) is 0 Å². The van der Waals surface area contributed by atoms with E-state index < -0.39 is 0 Å². The highest BCUT2D eigenvalue weighted by Crippen LogP contribution is 2.29. The van der Waals surface area contributed by atoms with Crippen LogP contribution in [0.1, 0.15) is 41.0 Å². The van der Waals surface area contributed by atoms with E-state index in [0.29, 0.717) is 6.04 Å². The van der Waals surface area contributed by atoms with Crippen LogP contribution in [0.15, 0.2) is 72.8 Å². The van der Waals surface area contributed by atoms with E-state index in [1.54, 1.807) is 0 Å². The highest BCUT2D eigenvalue weighted by atomic mass is 19.1. The molecule has 1 aliphatic heterocycles. The second kappa shape index (κ2) is 9.96. The predicted octanol–water partition coefficient (Wildman–Crippen LogP) is 5.18. The monoisotopic (exact) mass is 406 g/mol. The molecule has 0 bridgehead atoms. The van der Waals surface area contributed by atoms with Gasteiger partial charge >= 0.3 is 0 Å². The first-order chi connectivity index (χ1) is 14.7. The van der Waals surface area contributed by atoms with Crippen LogP contribution in [0, 0.1) is 11.6 Å². The molecule has 0 saturated heterocycles. The minimum absolute atomic E-state index is 0.132. The molecule has 0 amide bonds. The summed E-state index contributed by atoms with van der Waals surface area (Å²) in [6.07, 6.45) is 2.96. The summed E-state index contributed by atoms with van der Waals surface area (Å²) in [7, 11) is 0. The Balaban J connectivity index is 1.30. The lowest BCUT2D eigenvalue weighted by atomic mass is 9.87. The Morgan fingerprint density at radius 1 is 0.833 bits per heavy atom. The molecule has 3 aromatic rings. The van der Waals surface area contributed by atoms with Crippen LogP contribution in [-0.2, 0) is 13.0 Å². The minimum Gasteiger partial charge on any atom is -0.315 e. The highest BCUT2D eigenvalue weighted by molar-refractivity contribution is 5.33. The van der Waals surface area contributed by atoms with Gasteiger partial charge in [0.05, 0.1) is 0 Å². The number of fused-ring (bicyclic) bond motifs is 1. The van der Waals surface area contributed by atoms with E-state index in [2.05, 4.69) is 34.9 Å². The number of hydrogen-bond donors (Lipinski definition) is 2. The van der Waals surface area contributed by atoms with Crippen molar-refractivity contribution in [3.8, 4) is 0 Å². The third-order valence-electron chi connectivity index (χ3n) is 5.95. The van der Waals surface area contributed by atoms with Gasteiger partial charge in [0.1, 0.15) is 11.6 Å². The summed E-state index contributed by atoms with van der Waals surface area (Å²) >= 11 is 0. The van der Waals surface area contributed by atoms with Crippen molar-refractivity contribution >= 4 is 0 Å². The second-order valence-corrected chi connectivity index (χ2v) is 8.05. The second-order valence-electron chi connectivity index (χ2n) is 8.05. The largest absolute Gasteiger partial charge is 0.315 e. The number of nitrogens with one attached hydrogen (secondary N) is 2. The molecule has 1 atom stereocenters. The van der Waals surface area contributed by atoms with Crippen LogP contribution < -0.4 is 10.6 Å². The smallest absolute Gasteiger partial charge is 0.123 e. The highest BCUT2D eigenvalue weighted by Gasteiger charge is 2.17. The molecule has 0 fully saturated rings. The summed E-state index contributed by atoms with van der Waals surface area (Å²) in [5.41, 5.74) is 4.97. The predicted molar refractivity (Wildman–Crippen MR) is 118 cm³/mol. The van der Waals surface area contributed by atoms with Crippen molar-refractivity contribution in [2.75, 3.05) is 13.1 Å². The Hall–Kier alpha value is -2.56. The molecule has 0 saturated carbocycles.